The van der Waals surface area contributed by atoms with Crippen LogP contribution in [0.25, 0.3) is 0 Å². The molecule has 2 aliphatic heterocycles. The predicted molar refractivity (Wildman–Crippen MR) is 71.5 cm³/mol. The molecular weight excluding hydrogens is 250 g/mol. The molecule has 1 amide bonds. The highest BCUT2D eigenvalue weighted by molar-refractivity contribution is 7.98. The molecular formula is C13H15NO3S. The van der Waals surface area contributed by atoms with Crippen LogP contribution < -0.4 is 9.64 Å². The summed E-state index contributed by atoms with van der Waals surface area (Å²) in [4.78, 5) is 13.6. The van der Waals surface area contributed by atoms with Gasteiger partial charge in [-0.05, 0) is 24.3 Å². The van der Waals surface area contributed by atoms with Crippen LogP contribution in [-0.4, -0.2) is 32.1 Å². The Morgan fingerprint density at radius 3 is 3.06 bits per heavy atom. The Balaban J connectivity index is 2.11. The third-order valence-corrected chi connectivity index (χ3v) is 4.59. The summed E-state index contributed by atoms with van der Waals surface area (Å²) in [5.74, 6) is 0.772. The summed E-state index contributed by atoms with van der Waals surface area (Å²) in [5.41, 5.74) is 2.13. The number of thioether (sulfide) groups is 1. The van der Waals surface area contributed by atoms with E-state index in [4.69, 9.17) is 9.47 Å². The van der Waals surface area contributed by atoms with Crippen LogP contribution in [0.15, 0.2) is 18.2 Å². The van der Waals surface area contributed by atoms with Gasteiger partial charge in [0.2, 0.25) is 0 Å². The zero-order valence-corrected chi connectivity index (χ0v) is 11.2. The molecule has 4 nitrogen and oxygen atoms in total. The largest absolute Gasteiger partial charge is 0.497 e. The minimum Gasteiger partial charge on any atom is -0.497 e. The zero-order chi connectivity index (χ0) is 12.7. The Bertz CT molecular complexity index is 491. The number of fused-ring (bicyclic) bond motifs is 3. The maximum Gasteiger partial charge on any atom is 0.414 e. The number of benzene rings is 1. The van der Waals surface area contributed by atoms with Crippen LogP contribution in [0.4, 0.5) is 10.5 Å². The maximum absolute atomic E-state index is 11.8. The number of rotatable bonds is 2. The standard InChI is InChI=1S/C13H15NO3S/c1-16-9-3-4-10-11(6-9)14-8(5-12(10)18-2)7-17-13(14)15/h3-4,6,8,12H,5,7H2,1-2H3/t8-,12?/m0/s1. The SMILES string of the molecule is COc1ccc2c(c1)N1C(=O)OC[C@@H]1CC2SC. The molecule has 0 spiro atoms. The third kappa shape index (κ3) is 1.65. The molecule has 1 fully saturated rings. The Labute approximate surface area is 110 Å². The number of carbonyl (C=O) groups excluding carboxylic acids is 1. The van der Waals surface area contributed by atoms with Crippen LogP contribution in [0, 0.1) is 0 Å². The lowest BCUT2D eigenvalue weighted by Gasteiger charge is -2.34. The van der Waals surface area contributed by atoms with Crippen molar-refractivity contribution in [2.45, 2.75) is 17.7 Å². The van der Waals surface area contributed by atoms with Gasteiger partial charge in [0, 0.05) is 11.3 Å². The lowest BCUT2D eigenvalue weighted by atomic mass is 9.96. The van der Waals surface area contributed by atoms with Gasteiger partial charge in [-0.1, -0.05) is 6.07 Å². The Morgan fingerprint density at radius 1 is 1.50 bits per heavy atom. The second kappa shape index (κ2) is 4.39. The fraction of sp³-hybridized carbons (Fsp3) is 0.462. The number of hydrogen-bond donors (Lipinski definition) is 0. The molecule has 5 heteroatoms. The van der Waals surface area contributed by atoms with Gasteiger partial charge in [0.05, 0.1) is 18.8 Å². The van der Waals surface area contributed by atoms with E-state index in [1.807, 2.05) is 23.9 Å². The molecule has 0 N–H and O–H groups in total. The van der Waals surface area contributed by atoms with E-state index in [1.165, 1.54) is 5.56 Å². The summed E-state index contributed by atoms with van der Waals surface area (Å²) in [6.07, 6.45) is 2.81. The first-order valence-electron chi connectivity index (χ1n) is 5.91. The normalized spacial score (nSPS) is 25.4. The van der Waals surface area contributed by atoms with Gasteiger partial charge in [-0.15, -0.1) is 0 Å². The molecule has 0 saturated carbocycles. The van der Waals surface area contributed by atoms with Gasteiger partial charge in [-0.25, -0.2) is 4.79 Å². The molecule has 0 aromatic heterocycles. The predicted octanol–water partition coefficient (Wildman–Crippen LogP) is 2.83. The number of hydrogen-bond acceptors (Lipinski definition) is 4. The summed E-state index contributed by atoms with van der Waals surface area (Å²) in [6, 6.07) is 6.09. The molecule has 1 aromatic rings. The fourth-order valence-corrected chi connectivity index (χ4v) is 3.53. The van der Waals surface area contributed by atoms with Crippen molar-refractivity contribution in [3.63, 3.8) is 0 Å². The topological polar surface area (TPSA) is 38.8 Å². The quantitative estimate of drug-likeness (QED) is 0.824. The second-order valence-electron chi connectivity index (χ2n) is 4.49. The van der Waals surface area contributed by atoms with Crippen LogP contribution in [0.2, 0.25) is 0 Å². The number of anilines is 1. The molecule has 3 rings (SSSR count). The molecule has 18 heavy (non-hydrogen) atoms. The fourth-order valence-electron chi connectivity index (χ4n) is 2.66. The van der Waals surface area contributed by atoms with E-state index in [-0.39, 0.29) is 12.1 Å². The highest BCUT2D eigenvalue weighted by atomic mass is 32.2. The molecule has 2 aliphatic rings. The van der Waals surface area contributed by atoms with Crippen LogP contribution in [0.1, 0.15) is 17.2 Å². The summed E-state index contributed by atoms with van der Waals surface area (Å²) in [6.45, 7) is 0.493. The number of nitrogens with zero attached hydrogens (tertiary/aromatic N) is 1. The van der Waals surface area contributed by atoms with Crippen molar-refractivity contribution in [1.29, 1.82) is 0 Å². The van der Waals surface area contributed by atoms with Crippen LogP contribution in [0.3, 0.4) is 0 Å². The van der Waals surface area contributed by atoms with Crippen LogP contribution >= 0.6 is 11.8 Å². The lowest BCUT2D eigenvalue weighted by molar-refractivity contribution is 0.178. The van der Waals surface area contributed by atoms with E-state index in [9.17, 15) is 4.79 Å². The van der Waals surface area contributed by atoms with Crippen molar-refractivity contribution < 1.29 is 14.3 Å². The van der Waals surface area contributed by atoms with Crippen molar-refractivity contribution in [3.05, 3.63) is 23.8 Å². The van der Waals surface area contributed by atoms with Gasteiger partial charge < -0.3 is 9.47 Å². The number of methoxy groups -OCH3 is 1. The molecule has 1 unspecified atom stereocenters. The minimum atomic E-state index is -0.242. The van der Waals surface area contributed by atoms with Gasteiger partial charge in [0.1, 0.15) is 12.4 Å². The molecule has 2 heterocycles. The summed E-state index contributed by atoms with van der Waals surface area (Å²) in [5, 5.41) is 0.418. The number of ether oxygens (including phenoxy) is 2. The Hall–Kier alpha value is -1.36. The number of amides is 1. The molecule has 2 atom stereocenters. The maximum atomic E-state index is 11.8. The van der Waals surface area contributed by atoms with Crippen molar-refractivity contribution in [2.75, 3.05) is 24.9 Å². The third-order valence-electron chi connectivity index (χ3n) is 3.58. The Kier molecular flexibility index (Phi) is 2.86. The summed E-state index contributed by atoms with van der Waals surface area (Å²) in [7, 11) is 1.64. The lowest BCUT2D eigenvalue weighted by Crippen LogP contribution is -2.38. The molecule has 0 bridgehead atoms. The first-order chi connectivity index (χ1) is 8.74. The van der Waals surface area contributed by atoms with Gasteiger partial charge in [0.25, 0.3) is 0 Å². The number of carbonyl (C=O) groups is 1. The highest BCUT2D eigenvalue weighted by Crippen LogP contribution is 2.46. The van der Waals surface area contributed by atoms with Gasteiger partial charge in [0.15, 0.2) is 0 Å². The van der Waals surface area contributed by atoms with Crippen molar-refractivity contribution in [1.82, 2.24) is 0 Å². The van der Waals surface area contributed by atoms with Crippen LogP contribution in [0.5, 0.6) is 5.75 Å². The minimum absolute atomic E-state index is 0.162. The van der Waals surface area contributed by atoms with Gasteiger partial charge >= 0.3 is 6.09 Å². The number of cyclic esters (lactones) is 1. The van der Waals surface area contributed by atoms with E-state index in [2.05, 4.69) is 12.3 Å². The summed E-state index contributed by atoms with van der Waals surface area (Å²) >= 11 is 1.82. The summed E-state index contributed by atoms with van der Waals surface area (Å²) < 4.78 is 10.4. The molecule has 1 saturated heterocycles. The molecule has 96 valence electrons. The highest BCUT2D eigenvalue weighted by Gasteiger charge is 2.41. The Morgan fingerprint density at radius 2 is 2.33 bits per heavy atom. The van der Waals surface area contributed by atoms with E-state index >= 15 is 0 Å². The van der Waals surface area contributed by atoms with Crippen molar-refractivity contribution >= 4 is 23.5 Å². The van der Waals surface area contributed by atoms with Gasteiger partial charge in [-0.3, -0.25) is 4.90 Å². The monoisotopic (exact) mass is 265 g/mol. The molecule has 0 radical (unpaired) electrons. The average molecular weight is 265 g/mol. The second-order valence-corrected chi connectivity index (χ2v) is 5.53. The molecule has 1 aromatic carbocycles. The average Bonchev–Trinajstić information content (AvgIpc) is 2.78. The van der Waals surface area contributed by atoms with Gasteiger partial charge in [-0.2, -0.15) is 11.8 Å². The van der Waals surface area contributed by atoms with E-state index in [1.54, 1.807) is 12.0 Å². The van der Waals surface area contributed by atoms with E-state index in [0.29, 0.717) is 11.9 Å². The van der Waals surface area contributed by atoms with E-state index < -0.39 is 0 Å². The van der Waals surface area contributed by atoms with Crippen LogP contribution in [-0.2, 0) is 4.74 Å². The first kappa shape index (κ1) is 11.7. The molecule has 0 aliphatic carbocycles. The first-order valence-corrected chi connectivity index (χ1v) is 7.20. The van der Waals surface area contributed by atoms with E-state index in [0.717, 1.165) is 17.9 Å². The van der Waals surface area contributed by atoms with Crippen molar-refractivity contribution in [2.24, 2.45) is 0 Å². The smallest absolute Gasteiger partial charge is 0.414 e. The van der Waals surface area contributed by atoms with Crippen molar-refractivity contribution in [3.8, 4) is 5.75 Å². The zero-order valence-electron chi connectivity index (χ0n) is 10.4.